The van der Waals surface area contributed by atoms with Gasteiger partial charge in [0.15, 0.2) is 0 Å². The molecule has 31 heavy (non-hydrogen) atoms. The van der Waals surface area contributed by atoms with Crippen molar-refractivity contribution in [3.8, 4) is 0 Å². The maximum Gasteiger partial charge on any atom is 0.339 e. The van der Waals surface area contributed by atoms with Crippen molar-refractivity contribution < 1.29 is 22.7 Å². The van der Waals surface area contributed by atoms with E-state index in [4.69, 9.17) is 16.3 Å². The van der Waals surface area contributed by atoms with E-state index in [0.717, 1.165) is 19.3 Å². The van der Waals surface area contributed by atoms with Gasteiger partial charge in [-0.25, -0.2) is 13.2 Å². The van der Waals surface area contributed by atoms with Crippen molar-refractivity contribution in [3.05, 3.63) is 45.7 Å². The predicted octanol–water partition coefficient (Wildman–Crippen LogP) is 3.75. The molecule has 0 saturated carbocycles. The number of nitrogens with one attached hydrogen (secondary N) is 2. The monoisotopic (exact) mass is 467 g/mol. The first kappa shape index (κ1) is 23.3. The Kier molecular flexibility index (Phi) is 7.08. The molecule has 168 valence electrons. The van der Waals surface area contributed by atoms with Crippen LogP contribution in [0.15, 0.2) is 23.1 Å². The highest BCUT2D eigenvalue weighted by atomic mass is 35.5. The number of aromatic amines is 1. The summed E-state index contributed by atoms with van der Waals surface area (Å²) < 4.78 is 32.1. The molecule has 1 aliphatic rings. The second-order valence-corrected chi connectivity index (χ2v) is 9.74. The molecule has 1 aromatic carbocycles. The van der Waals surface area contributed by atoms with Gasteiger partial charge in [-0.2, -0.15) is 4.31 Å². The zero-order chi connectivity index (χ0) is 22.8. The fraction of sp³-hybridized carbons (Fsp3) is 0.429. The van der Waals surface area contributed by atoms with Crippen LogP contribution >= 0.6 is 11.6 Å². The number of carbonyl (C=O) groups is 2. The molecule has 0 bridgehead atoms. The Morgan fingerprint density at radius 1 is 1.26 bits per heavy atom. The number of anilines is 1. The molecule has 0 atom stereocenters. The second-order valence-electron chi connectivity index (χ2n) is 7.43. The highest BCUT2D eigenvalue weighted by molar-refractivity contribution is 7.89. The molecule has 1 amide bonds. The van der Waals surface area contributed by atoms with Crippen LogP contribution in [0.25, 0.3) is 0 Å². The molecule has 3 rings (SSSR count). The van der Waals surface area contributed by atoms with E-state index >= 15 is 0 Å². The number of halogens is 1. The number of sulfonamides is 1. The molecule has 2 N–H and O–H groups in total. The number of ether oxygens (including phenoxy) is 1. The SMILES string of the molecule is CCCc1c(C(=O)Nc2ccc(Cl)c(S(=O)(=O)N3CCCC3)c2)[nH]c(C)c1C(=O)OC. The summed E-state index contributed by atoms with van der Waals surface area (Å²) >= 11 is 6.18. The van der Waals surface area contributed by atoms with Crippen LogP contribution in [0.3, 0.4) is 0 Å². The number of aromatic nitrogens is 1. The minimum absolute atomic E-state index is 0.0411. The number of aryl methyl sites for hydroxylation is 1. The Morgan fingerprint density at radius 2 is 1.94 bits per heavy atom. The Labute approximate surface area is 187 Å². The number of esters is 1. The maximum absolute atomic E-state index is 13.0. The number of H-pyrrole nitrogens is 1. The van der Waals surface area contributed by atoms with E-state index in [1.54, 1.807) is 13.0 Å². The van der Waals surface area contributed by atoms with E-state index in [9.17, 15) is 18.0 Å². The van der Waals surface area contributed by atoms with Crippen LogP contribution in [0.4, 0.5) is 5.69 Å². The number of methoxy groups -OCH3 is 1. The summed E-state index contributed by atoms with van der Waals surface area (Å²) in [7, 11) is -2.45. The minimum Gasteiger partial charge on any atom is -0.465 e. The van der Waals surface area contributed by atoms with E-state index < -0.39 is 21.9 Å². The Morgan fingerprint density at radius 3 is 2.55 bits per heavy atom. The Bertz CT molecular complexity index is 1100. The lowest BCUT2D eigenvalue weighted by molar-refractivity contribution is 0.0599. The summed E-state index contributed by atoms with van der Waals surface area (Å²) in [6.07, 6.45) is 2.85. The molecule has 8 nitrogen and oxygen atoms in total. The summed E-state index contributed by atoms with van der Waals surface area (Å²) in [4.78, 5) is 28.1. The van der Waals surface area contributed by atoms with Crippen molar-refractivity contribution in [2.75, 3.05) is 25.5 Å². The summed E-state index contributed by atoms with van der Waals surface area (Å²) in [5.74, 6) is -0.990. The van der Waals surface area contributed by atoms with Gasteiger partial charge in [0.1, 0.15) is 10.6 Å². The van der Waals surface area contributed by atoms with Gasteiger partial charge < -0.3 is 15.0 Å². The highest BCUT2D eigenvalue weighted by Gasteiger charge is 2.30. The van der Waals surface area contributed by atoms with Crippen molar-refractivity contribution in [2.45, 2.75) is 44.4 Å². The van der Waals surface area contributed by atoms with Crippen LogP contribution < -0.4 is 5.32 Å². The van der Waals surface area contributed by atoms with Gasteiger partial charge in [-0.1, -0.05) is 24.9 Å². The molecule has 2 aromatic rings. The molecule has 2 heterocycles. The summed E-state index contributed by atoms with van der Waals surface area (Å²) in [6, 6.07) is 4.36. The summed E-state index contributed by atoms with van der Waals surface area (Å²) in [5, 5.41) is 2.82. The average molecular weight is 468 g/mol. The van der Waals surface area contributed by atoms with Crippen LogP contribution in [-0.2, 0) is 21.2 Å². The zero-order valence-corrected chi connectivity index (χ0v) is 19.3. The summed E-state index contributed by atoms with van der Waals surface area (Å²) in [5.41, 5.74) is 2.00. The van der Waals surface area contributed by atoms with Gasteiger partial charge in [0.2, 0.25) is 10.0 Å². The van der Waals surface area contributed by atoms with E-state index in [1.807, 2.05) is 6.92 Å². The minimum atomic E-state index is -3.75. The first-order valence-electron chi connectivity index (χ1n) is 10.1. The van der Waals surface area contributed by atoms with Crippen molar-refractivity contribution in [1.29, 1.82) is 0 Å². The van der Waals surface area contributed by atoms with Gasteiger partial charge >= 0.3 is 5.97 Å². The summed E-state index contributed by atoms with van der Waals surface area (Å²) in [6.45, 7) is 4.55. The normalized spacial score (nSPS) is 14.6. The number of carbonyl (C=O) groups excluding carboxylic acids is 2. The van der Waals surface area contributed by atoms with E-state index in [-0.39, 0.29) is 15.6 Å². The van der Waals surface area contributed by atoms with Gasteiger partial charge in [0.05, 0.1) is 17.7 Å². The van der Waals surface area contributed by atoms with Crippen LogP contribution in [-0.4, -0.2) is 49.8 Å². The van der Waals surface area contributed by atoms with Crippen LogP contribution in [0, 0.1) is 6.92 Å². The van der Waals surface area contributed by atoms with E-state index in [1.165, 1.54) is 23.5 Å². The fourth-order valence-corrected chi connectivity index (χ4v) is 5.81. The number of hydrogen-bond acceptors (Lipinski definition) is 5. The topological polar surface area (TPSA) is 109 Å². The van der Waals surface area contributed by atoms with Gasteiger partial charge in [-0.3, -0.25) is 4.79 Å². The number of rotatable bonds is 7. The standard InChI is InChI=1S/C21H26ClN3O5S/c1-4-7-15-18(21(27)30-3)13(2)23-19(15)20(26)24-14-8-9-16(22)17(12-14)31(28,29)25-10-5-6-11-25/h8-9,12,23H,4-7,10-11H2,1-3H3,(H,24,26). The molecule has 1 fully saturated rings. The van der Waals surface area contributed by atoms with Crippen molar-refractivity contribution in [2.24, 2.45) is 0 Å². The molecular formula is C21H26ClN3O5S. The molecule has 0 unspecified atom stereocenters. The van der Waals surface area contributed by atoms with Gasteiger partial charge in [-0.15, -0.1) is 0 Å². The molecule has 0 spiro atoms. The smallest absolute Gasteiger partial charge is 0.339 e. The van der Waals surface area contributed by atoms with E-state index in [2.05, 4.69) is 10.3 Å². The largest absolute Gasteiger partial charge is 0.465 e. The Balaban J connectivity index is 1.93. The van der Waals surface area contributed by atoms with Crippen molar-refractivity contribution in [3.63, 3.8) is 0 Å². The van der Waals surface area contributed by atoms with Crippen molar-refractivity contribution >= 4 is 39.2 Å². The first-order valence-corrected chi connectivity index (χ1v) is 11.9. The quantitative estimate of drug-likeness (QED) is 0.603. The Hall–Kier alpha value is -2.36. The molecule has 1 aromatic heterocycles. The number of benzene rings is 1. The van der Waals surface area contributed by atoms with Gasteiger partial charge in [0.25, 0.3) is 5.91 Å². The molecule has 0 aliphatic carbocycles. The third kappa shape index (κ3) is 4.63. The lowest BCUT2D eigenvalue weighted by Crippen LogP contribution is -2.28. The number of amides is 1. The molecule has 10 heteroatoms. The lowest BCUT2D eigenvalue weighted by atomic mass is 10.0. The predicted molar refractivity (Wildman–Crippen MR) is 118 cm³/mol. The highest BCUT2D eigenvalue weighted by Crippen LogP contribution is 2.30. The molecule has 0 radical (unpaired) electrons. The first-order chi connectivity index (χ1) is 14.7. The molecule has 1 saturated heterocycles. The maximum atomic E-state index is 13.0. The van der Waals surface area contributed by atoms with Crippen LogP contribution in [0.2, 0.25) is 5.02 Å². The lowest BCUT2D eigenvalue weighted by Gasteiger charge is -2.17. The number of hydrogen-bond donors (Lipinski definition) is 2. The third-order valence-corrected chi connectivity index (χ3v) is 7.66. The number of nitrogens with zero attached hydrogens (tertiary/aromatic N) is 1. The average Bonchev–Trinajstić information content (AvgIpc) is 3.38. The van der Waals surface area contributed by atoms with Crippen LogP contribution in [0.5, 0.6) is 0 Å². The second kappa shape index (κ2) is 9.42. The van der Waals surface area contributed by atoms with Gasteiger partial charge in [0, 0.05) is 24.5 Å². The fourth-order valence-electron chi connectivity index (χ4n) is 3.79. The molecular weight excluding hydrogens is 442 g/mol. The van der Waals surface area contributed by atoms with Crippen molar-refractivity contribution in [1.82, 2.24) is 9.29 Å². The zero-order valence-electron chi connectivity index (χ0n) is 17.7. The third-order valence-electron chi connectivity index (χ3n) is 5.28. The molecule has 1 aliphatic heterocycles. The van der Waals surface area contributed by atoms with E-state index in [0.29, 0.717) is 42.0 Å². The van der Waals surface area contributed by atoms with Gasteiger partial charge in [-0.05, 0) is 49.9 Å². The van der Waals surface area contributed by atoms with Crippen LogP contribution in [0.1, 0.15) is 58.3 Å².